The Morgan fingerprint density at radius 1 is 1.25 bits per heavy atom. The summed E-state index contributed by atoms with van der Waals surface area (Å²) in [6, 6.07) is 2.58. The molecule has 0 fully saturated rings. The van der Waals surface area contributed by atoms with Crippen LogP contribution in [0.1, 0.15) is 64.8 Å². The maximum Gasteiger partial charge on any atom is 0.191 e. The first-order chi connectivity index (χ1) is 11.5. The Morgan fingerprint density at radius 2 is 1.96 bits per heavy atom. The van der Waals surface area contributed by atoms with Gasteiger partial charge < -0.3 is 20.1 Å². The van der Waals surface area contributed by atoms with Crippen LogP contribution in [0.2, 0.25) is 0 Å². The van der Waals surface area contributed by atoms with E-state index in [4.69, 9.17) is 4.52 Å². The van der Waals surface area contributed by atoms with Gasteiger partial charge in [-0.25, -0.2) is 4.99 Å². The normalized spacial score (nSPS) is 12.5. The molecule has 1 aromatic heterocycles. The van der Waals surface area contributed by atoms with Gasteiger partial charge in [-0.3, -0.25) is 0 Å². The smallest absolute Gasteiger partial charge is 0.191 e. The van der Waals surface area contributed by atoms with Gasteiger partial charge in [0.2, 0.25) is 0 Å². The second-order valence-corrected chi connectivity index (χ2v) is 6.43. The number of rotatable bonds is 10. The highest BCUT2D eigenvalue weighted by Crippen LogP contribution is 2.22. The molecule has 138 valence electrons. The molecule has 24 heavy (non-hydrogen) atoms. The molecule has 0 aliphatic heterocycles. The Balaban J connectivity index is 2.56. The SMILES string of the molecule is CCNC(=NCc1cc(C(CC)CC)no1)NCCN(C)C(C)C. The summed E-state index contributed by atoms with van der Waals surface area (Å²) in [5, 5.41) is 10.8. The predicted molar refractivity (Wildman–Crippen MR) is 100 cm³/mol. The first kappa shape index (κ1) is 20.5. The second-order valence-electron chi connectivity index (χ2n) is 6.43. The fourth-order valence-corrected chi connectivity index (χ4v) is 2.41. The lowest BCUT2D eigenvalue weighted by Crippen LogP contribution is -2.42. The maximum absolute atomic E-state index is 5.43. The molecule has 0 aliphatic rings. The highest BCUT2D eigenvalue weighted by molar-refractivity contribution is 5.79. The lowest BCUT2D eigenvalue weighted by molar-refractivity contribution is 0.278. The zero-order valence-electron chi connectivity index (χ0n) is 16.2. The monoisotopic (exact) mass is 337 g/mol. The number of nitrogens with zero attached hydrogens (tertiary/aromatic N) is 3. The number of likely N-dealkylation sites (N-methyl/N-ethyl adjacent to an activating group) is 1. The Hall–Kier alpha value is -1.56. The molecule has 2 N–H and O–H groups in total. The number of nitrogens with one attached hydrogen (secondary N) is 2. The minimum absolute atomic E-state index is 0.476. The fraction of sp³-hybridized carbons (Fsp3) is 0.778. The summed E-state index contributed by atoms with van der Waals surface area (Å²) >= 11 is 0. The van der Waals surface area contributed by atoms with Crippen LogP contribution < -0.4 is 10.6 Å². The third-order valence-electron chi connectivity index (χ3n) is 4.36. The summed E-state index contributed by atoms with van der Waals surface area (Å²) in [6.45, 7) is 14.0. The molecular weight excluding hydrogens is 302 g/mol. The van der Waals surface area contributed by atoms with Crippen LogP contribution in [0.4, 0.5) is 0 Å². The van der Waals surface area contributed by atoms with Crippen LogP contribution in [-0.4, -0.2) is 48.7 Å². The fourth-order valence-electron chi connectivity index (χ4n) is 2.41. The third kappa shape index (κ3) is 6.91. The van der Waals surface area contributed by atoms with Crippen LogP contribution in [0.25, 0.3) is 0 Å². The van der Waals surface area contributed by atoms with E-state index in [2.05, 4.69) is 67.3 Å². The second kappa shape index (κ2) is 11.1. The van der Waals surface area contributed by atoms with Crippen molar-refractivity contribution < 1.29 is 4.52 Å². The highest BCUT2D eigenvalue weighted by Gasteiger charge is 2.12. The molecule has 0 saturated carbocycles. The molecular formula is C18H35N5O. The van der Waals surface area contributed by atoms with Crippen LogP contribution in [0.5, 0.6) is 0 Å². The van der Waals surface area contributed by atoms with E-state index in [1.54, 1.807) is 0 Å². The van der Waals surface area contributed by atoms with Crippen molar-refractivity contribution in [3.8, 4) is 0 Å². The van der Waals surface area contributed by atoms with E-state index < -0.39 is 0 Å². The largest absolute Gasteiger partial charge is 0.359 e. The first-order valence-corrected chi connectivity index (χ1v) is 9.19. The number of aliphatic imine (C=N–C) groups is 1. The molecule has 0 bridgehead atoms. The summed E-state index contributed by atoms with van der Waals surface area (Å²) in [6.07, 6.45) is 2.17. The molecule has 6 heteroatoms. The zero-order chi connectivity index (χ0) is 17.9. The van der Waals surface area contributed by atoms with E-state index in [1.807, 2.05) is 6.07 Å². The van der Waals surface area contributed by atoms with Gasteiger partial charge in [-0.05, 0) is 40.7 Å². The van der Waals surface area contributed by atoms with Gasteiger partial charge in [0.1, 0.15) is 6.54 Å². The van der Waals surface area contributed by atoms with Crippen LogP contribution in [0.3, 0.4) is 0 Å². The highest BCUT2D eigenvalue weighted by atomic mass is 16.5. The Kier molecular flexibility index (Phi) is 9.45. The van der Waals surface area contributed by atoms with Crippen molar-refractivity contribution in [1.29, 1.82) is 0 Å². The molecule has 1 rings (SSSR count). The van der Waals surface area contributed by atoms with Crippen LogP contribution in [-0.2, 0) is 6.54 Å². The van der Waals surface area contributed by atoms with Crippen molar-refractivity contribution in [3.05, 3.63) is 17.5 Å². The molecule has 0 amide bonds. The Morgan fingerprint density at radius 3 is 2.54 bits per heavy atom. The van der Waals surface area contributed by atoms with Gasteiger partial charge in [-0.15, -0.1) is 0 Å². The van der Waals surface area contributed by atoms with Crippen molar-refractivity contribution in [2.75, 3.05) is 26.7 Å². The lowest BCUT2D eigenvalue weighted by Gasteiger charge is -2.21. The molecule has 0 unspecified atom stereocenters. The van der Waals surface area contributed by atoms with Gasteiger partial charge in [0.05, 0.1) is 5.69 Å². The first-order valence-electron chi connectivity index (χ1n) is 9.19. The number of hydrogen-bond donors (Lipinski definition) is 2. The zero-order valence-corrected chi connectivity index (χ0v) is 16.2. The number of guanidine groups is 1. The molecule has 0 aliphatic carbocycles. The van der Waals surface area contributed by atoms with Crippen molar-refractivity contribution in [1.82, 2.24) is 20.7 Å². The maximum atomic E-state index is 5.43. The van der Waals surface area contributed by atoms with Gasteiger partial charge in [0, 0.05) is 37.7 Å². The molecule has 0 radical (unpaired) electrons. The summed E-state index contributed by atoms with van der Waals surface area (Å²) in [7, 11) is 2.13. The van der Waals surface area contributed by atoms with Crippen molar-refractivity contribution >= 4 is 5.96 Å². The van der Waals surface area contributed by atoms with Gasteiger partial charge in [-0.1, -0.05) is 19.0 Å². The predicted octanol–water partition coefficient (Wildman–Crippen LogP) is 2.97. The van der Waals surface area contributed by atoms with Crippen LogP contribution >= 0.6 is 0 Å². The van der Waals surface area contributed by atoms with E-state index in [-0.39, 0.29) is 0 Å². The molecule has 0 spiro atoms. The van der Waals surface area contributed by atoms with E-state index in [0.717, 1.165) is 49.9 Å². The average Bonchev–Trinajstić information content (AvgIpc) is 3.02. The van der Waals surface area contributed by atoms with Gasteiger partial charge in [-0.2, -0.15) is 0 Å². The van der Waals surface area contributed by atoms with Crippen molar-refractivity contribution in [3.63, 3.8) is 0 Å². The van der Waals surface area contributed by atoms with Gasteiger partial charge in [0.15, 0.2) is 11.7 Å². The minimum atomic E-state index is 0.476. The Labute approximate surface area is 147 Å². The molecule has 1 heterocycles. The van der Waals surface area contributed by atoms with Crippen molar-refractivity contribution in [2.45, 2.75) is 66.0 Å². The van der Waals surface area contributed by atoms with Gasteiger partial charge in [0.25, 0.3) is 0 Å². The summed E-state index contributed by atoms with van der Waals surface area (Å²) in [5.41, 5.74) is 1.04. The van der Waals surface area contributed by atoms with E-state index in [0.29, 0.717) is 18.5 Å². The topological polar surface area (TPSA) is 65.7 Å². The Bertz CT molecular complexity index is 480. The molecule has 0 aromatic carbocycles. The third-order valence-corrected chi connectivity index (χ3v) is 4.36. The number of hydrogen-bond acceptors (Lipinski definition) is 4. The lowest BCUT2D eigenvalue weighted by atomic mass is 9.99. The van der Waals surface area contributed by atoms with Crippen LogP contribution in [0.15, 0.2) is 15.6 Å². The quantitative estimate of drug-likeness (QED) is 0.507. The summed E-state index contributed by atoms with van der Waals surface area (Å²) < 4.78 is 5.43. The molecule has 6 nitrogen and oxygen atoms in total. The molecule has 0 saturated heterocycles. The summed E-state index contributed by atoms with van der Waals surface area (Å²) in [4.78, 5) is 6.89. The summed E-state index contributed by atoms with van der Waals surface area (Å²) in [5.74, 6) is 2.10. The van der Waals surface area contributed by atoms with Crippen molar-refractivity contribution in [2.24, 2.45) is 4.99 Å². The van der Waals surface area contributed by atoms with E-state index in [9.17, 15) is 0 Å². The standard InChI is InChI=1S/C18H35N5O/c1-7-15(8-2)17-12-16(24-22-17)13-21-18(19-9-3)20-10-11-23(6)14(4)5/h12,14-15H,7-11,13H2,1-6H3,(H2,19,20,21). The van der Waals surface area contributed by atoms with Gasteiger partial charge >= 0.3 is 0 Å². The average molecular weight is 338 g/mol. The minimum Gasteiger partial charge on any atom is -0.359 e. The van der Waals surface area contributed by atoms with E-state index >= 15 is 0 Å². The number of aromatic nitrogens is 1. The van der Waals surface area contributed by atoms with E-state index in [1.165, 1.54) is 0 Å². The van der Waals surface area contributed by atoms with Crippen LogP contribution in [0, 0.1) is 0 Å². The molecule has 0 atom stereocenters. The molecule has 1 aromatic rings.